The number of anilines is 1. The fraction of sp³-hybridized carbons (Fsp3) is 0.389. The van der Waals surface area contributed by atoms with Gasteiger partial charge in [-0.1, -0.05) is 6.07 Å². The highest BCUT2D eigenvalue weighted by Gasteiger charge is 2.16. The van der Waals surface area contributed by atoms with E-state index in [1.54, 1.807) is 0 Å². The number of carbonyl (C=O) groups is 1. The van der Waals surface area contributed by atoms with Crippen LogP contribution in [-0.4, -0.2) is 25.2 Å². The third-order valence-corrected chi connectivity index (χ3v) is 5.09. The van der Waals surface area contributed by atoms with Crippen molar-refractivity contribution in [3.63, 3.8) is 0 Å². The summed E-state index contributed by atoms with van der Waals surface area (Å²) in [7, 11) is 0. The Morgan fingerprint density at radius 2 is 2.26 bits per heavy atom. The third kappa shape index (κ3) is 4.12. The van der Waals surface area contributed by atoms with E-state index < -0.39 is 0 Å². The number of nitrogens with one attached hydrogen (secondary N) is 1. The SMILES string of the molecule is Cc1cc(C(=O)Nc2cccc(OC[C@H]3CCCO3)c2)sc1C. The fourth-order valence-corrected chi connectivity index (χ4v) is 3.44. The van der Waals surface area contributed by atoms with Gasteiger partial charge in [-0.3, -0.25) is 4.79 Å². The molecule has 0 saturated carbocycles. The van der Waals surface area contributed by atoms with Crippen molar-refractivity contribution in [2.24, 2.45) is 0 Å². The lowest BCUT2D eigenvalue weighted by Gasteiger charge is -2.12. The molecule has 1 aromatic heterocycles. The normalized spacial score (nSPS) is 17.2. The maximum atomic E-state index is 12.3. The Morgan fingerprint density at radius 3 is 2.96 bits per heavy atom. The molecule has 1 amide bonds. The summed E-state index contributed by atoms with van der Waals surface area (Å²) in [4.78, 5) is 14.2. The van der Waals surface area contributed by atoms with Crippen LogP contribution in [0.15, 0.2) is 30.3 Å². The second-order valence-corrected chi connectivity index (χ2v) is 7.03. The van der Waals surface area contributed by atoms with Gasteiger partial charge in [0.05, 0.1) is 11.0 Å². The molecule has 4 nitrogen and oxygen atoms in total. The van der Waals surface area contributed by atoms with Crippen LogP contribution in [0.25, 0.3) is 0 Å². The van der Waals surface area contributed by atoms with E-state index in [2.05, 4.69) is 5.32 Å². The predicted molar refractivity (Wildman–Crippen MR) is 92.7 cm³/mol. The Balaban J connectivity index is 1.61. The molecule has 5 heteroatoms. The van der Waals surface area contributed by atoms with Crippen molar-refractivity contribution in [3.05, 3.63) is 45.6 Å². The van der Waals surface area contributed by atoms with Gasteiger partial charge in [-0.15, -0.1) is 11.3 Å². The van der Waals surface area contributed by atoms with Crippen LogP contribution >= 0.6 is 11.3 Å². The number of amides is 1. The van der Waals surface area contributed by atoms with Crippen LogP contribution in [-0.2, 0) is 4.74 Å². The standard InChI is InChI=1S/C18H21NO3S/c1-12-9-17(23-13(12)2)18(20)19-14-5-3-6-15(10-14)22-11-16-7-4-8-21-16/h3,5-6,9-10,16H,4,7-8,11H2,1-2H3,(H,19,20)/t16-/m1/s1. The molecule has 0 radical (unpaired) electrons. The molecule has 0 aliphatic carbocycles. The molecule has 2 heterocycles. The lowest BCUT2D eigenvalue weighted by Crippen LogP contribution is -2.16. The van der Waals surface area contributed by atoms with Crippen molar-refractivity contribution < 1.29 is 14.3 Å². The third-order valence-electron chi connectivity index (χ3n) is 3.94. The molecule has 122 valence electrons. The second-order valence-electron chi connectivity index (χ2n) is 5.78. The van der Waals surface area contributed by atoms with E-state index in [4.69, 9.17) is 9.47 Å². The highest BCUT2D eigenvalue weighted by atomic mass is 32.1. The smallest absolute Gasteiger partial charge is 0.265 e. The first-order valence-electron chi connectivity index (χ1n) is 7.84. The molecule has 1 N–H and O–H groups in total. The second kappa shape index (κ2) is 7.15. The van der Waals surface area contributed by atoms with E-state index in [9.17, 15) is 4.79 Å². The molecule has 0 spiro atoms. The molecule has 1 saturated heterocycles. The Morgan fingerprint density at radius 1 is 1.39 bits per heavy atom. The van der Waals surface area contributed by atoms with Crippen LogP contribution in [0.5, 0.6) is 5.75 Å². The predicted octanol–water partition coefficient (Wildman–Crippen LogP) is 4.18. The van der Waals surface area contributed by atoms with E-state index in [-0.39, 0.29) is 12.0 Å². The van der Waals surface area contributed by atoms with Gasteiger partial charge in [-0.2, -0.15) is 0 Å². The van der Waals surface area contributed by atoms with Gasteiger partial charge < -0.3 is 14.8 Å². The van der Waals surface area contributed by atoms with E-state index >= 15 is 0 Å². The monoisotopic (exact) mass is 331 g/mol. The Kier molecular flexibility index (Phi) is 4.98. The molecule has 1 fully saturated rings. The van der Waals surface area contributed by atoms with Crippen LogP contribution in [0.3, 0.4) is 0 Å². The van der Waals surface area contributed by atoms with Crippen LogP contribution in [0, 0.1) is 13.8 Å². The van der Waals surface area contributed by atoms with Gasteiger partial charge in [-0.25, -0.2) is 0 Å². The molecule has 1 aliphatic heterocycles. The van der Waals surface area contributed by atoms with Gasteiger partial charge in [0.1, 0.15) is 12.4 Å². The quantitative estimate of drug-likeness (QED) is 0.894. The molecule has 1 aliphatic rings. The van der Waals surface area contributed by atoms with Crippen molar-refractivity contribution >= 4 is 22.9 Å². The van der Waals surface area contributed by atoms with Gasteiger partial charge in [0.2, 0.25) is 0 Å². The highest BCUT2D eigenvalue weighted by molar-refractivity contribution is 7.14. The molecule has 2 aromatic rings. The molecule has 0 bridgehead atoms. The van der Waals surface area contributed by atoms with Gasteiger partial charge in [-0.05, 0) is 50.5 Å². The number of carbonyl (C=O) groups excluding carboxylic acids is 1. The van der Waals surface area contributed by atoms with Crippen molar-refractivity contribution in [2.75, 3.05) is 18.5 Å². The molecule has 1 atom stereocenters. The maximum Gasteiger partial charge on any atom is 0.265 e. The van der Waals surface area contributed by atoms with Crippen molar-refractivity contribution in [1.29, 1.82) is 0 Å². The minimum absolute atomic E-state index is 0.0810. The van der Waals surface area contributed by atoms with Crippen LogP contribution in [0.2, 0.25) is 0 Å². The van der Waals surface area contributed by atoms with Crippen LogP contribution < -0.4 is 10.1 Å². The zero-order valence-electron chi connectivity index (χ0n) is 13.4. The summed E-state index contributed by atoms with van der Waals surface area (Å²) in [6.07, 6.45) is 2.34. The van der Waals surface area contributed by atoms with Gasteiger partial charge in [0.15, 0.2) is 0 Å². The van der Waals surface area contributed by atoms with Crippen molar-refractivity contribution in [2.45, 2.75) is 32.8 Å². The highest BCUT2D eigenvalue weighted by Crippen LogP contribution is 2.23. The summed E-state index contributed by atoms with van der Waals surface area (Å²) in [5.74, 6) is 0.666. The number of aryl methyl sites for hydroxylation is 2. The first-order valence-corrected chi connectivity index (χ1v) is 8.66. The Bertz CT molecular complexity index is 670. The fourth-order valence-electron chi connectivity index (χ4n) is 2.51. The molecule has 1 aromatic carbocycles. The number of thiophene rings is 1. The molecule has 23 heavy (non-hydrogen) atoms. The average Bonchev–Trinajstić information content (AvgIpc) is 3.16. The molecular formula is C18H21NO3S. The first kappa shape index (κ1) is 16.0. The summed E-state index contributed by atoms with van der Waals surface area (Å²) < 4.78 is 11.3. The summed E-state index contributed by atoms with van der Waals surface area (Å²) in [6, 6.07) is 9.41. The maximum absolute atomic E-state index is 12.3. The van der Waals surface area contributed by atoms with Crippen LogP contribution in [0.4, 0.5) is 5.69 Å². The van der Waals surface area contributed by atoms with Gasteiger partial charge in [0, 0.05) is 23.2 Å². The molecular weight excluding hydrogens is 310 g/mol. The number of hydrogen-bond acceptors (Lipinski definition) is 4. The minimum atomic E-state index is -0.0810. The largest absolute Gasteiger partial charge is 0.491 e. The van der Waals surface area contributed by atoms with E-state index in [1.165, 1.54) is 16.2 Å². The summed E-state index contributed by atoms with van der Waals surface area (Å²) in [5.41, 5.74) is 1.89. The molecule has 3 rings (SSSR count). The number of rotatable bonds is 5. The van der Waals surface area contributed by atoms with Gasteiger partial charge in [0.25, 0.3) is 5.91 Å². The molecule has 0 unspecified atom stereocenters. The first-order chi connectivity index (χ1) is 11.1. The van der Waals surface area contributed by atoms with Crippen molar-refractivity contribution in [1.82, 2.24) is 0 Å². The summed E-state index contributed by atoms with van der Waals surface area (Å²) in [6.45, 7) is 5.42. The minimum Gasteiger partial charge on any atom is -0.491 e. The lowest BCUT2D eigenvalue weighted by atomic mass is 10.2. The van der Waals surface area contributed by atoms with E-state index in [0.717, 1.165) is 41.3 Å². The zero-order chi connectivity index (χ0) is 16.2. The average molecular weight is 331 g/mol. The van der Waals surface area contributed by atoms with Gasteiger partial charge >= 0.3 is 0 Å². The van der Waals surface area contributed by atoms with E-state index in [1.807, 2.05) is 44.2 Å². The zero-order valence-corrected chi connectivity index (χ0v) is 14.2. The van der Waals surface area contributed by atoms with E-state index in [0.29, 0.717) is 6.61 Å². The Labute approximate surface area is 140 Å². The number of benzene rings is 1. The number of ether oxygens (including phenoxy) is 2. The van der Waals surface area contributed by atoms with Crippen LogP contribution in [0.1, 0.15) is 33.0 Å². The lowest BCUT2D eigenvalue weighted by molar-refractivity contribution is 0.0680. The Hall–Kier alpha value is -1.85. The van der Waals surface area contributed by atoms with Crippen molar-refractivity contribution in [3.8, 4) is 5.75 Å². The topological polar surface area (TPSA) is 47.6 Å². The summed E-state index contributed by atoms with van der Waals surface area (Å²) >= 11 is 1.51. The number of hydrogen-bond donors (Lipinski definition) is 1. The summed E-state index contributed by atoms with van der Waals surface area (Å²) in [5, 5.41) is 2.93.